The predicted molar refractivity (Wildman–Crippen MR) is 81.6 cm³/mol. The number of nitrogens with one attached hydrogen (secondary N) is 1. The second kappa shape index (κ2) is 6.73. The Morgan fingerprint density at radius 3 is 2.18 bits per heavy atom. The Morgan fingerprint density at radius 2 is 1.68 bits per heavy atom. The zero-order chi connectivity index (χ0) is 17.1. The SMILES string of the molecule is CC(C)(C)OC(=O)NCC1C(O)CCN1C(=O)OC(C)(C)C. The van der Waals surface area contributed by atoms with Crippen LogP contribution in [0.2, 0.25) is 0 Å². The van der Waals surface area contributed by atoms with Gasteiger partial charge in [-0.3, -0.25) is 0 Å². The highest BCUT2D eigenvalue weighted by atomic mass is 16.6. The smallest absolute Gasteiger partial charge is 0.410 e. The van der Waals surface area contributed by atoms with E-state index in [2.05, 4.69) is 5.32 Å². The number of aliphatic hydroxyl groups is 1. The van der Waals surface area contributed by atoms with Crippen LogP contribution in [0.3, 0.4) is 0 Å². The highest BCUT2D eigenvalue weighted by Crippen LogP contribution is 2.21. The van der Waals surface area contributed by atoms with Gasteiger partial charge in [0, 0.05) is 13.1 Å². The van der Waals surface area contributed by atoms with Gasteiger partial charge in [0.2, 0.25) is 0 Å². The Kier molecular flexibility index (Phi) is 5.67. The molecule has 0 radical (unpaired) electrons. The molecule has 7 heteroatoms. The van der Waals surface area contributed by atoms with E-state index in [0.29, 0.717) is 13.0 Å². The number of carbonyl (C=O) groups is 2. The average molecular weight is 316 g/mol. The Bertz CT molecular complexity index is 411. The molecule has 1 rings (SSSR count). The molecule has 7 nitrogen and oxygen atoms in total. The number of likely N-dealkylation sites (tertiary alicyclic amines) is 1. The third-order valence-corrected chi connectivity index (χ3v) is 2.99. The lowest BCUT2D eigenvalue weighted by molar-refractivity contribution is 0.0139. The van der Waals surface area contributed by atoms with Crippen molar-refractivity contribution in [1.82, 2.24) is 10.2 Å². The third kappa shape index (κ3) is 6.09. The molecule has 1 heterocycles. The van der Waals surface area contributed by atoms with E-state index in [1.54, 1.807) is 41.5 Å². The van der Waals surface area contributed by atoms with Crippen LogP contribution in [0.5, 0.6) is 0 Å². The highest BCUT2D eigenvalue weighted by molar-refractivity contribution is 5.70. The lowest BCUT2D eigenvalue weighted by Crippen LogP contribution is -2.49. The number of rotatable bonds is 2. The maximum absolute atomic E-state index is 12.1. The monoisotopic (exact) mass is 316 g/mol. The predicted octanol–water partition coefficient (Wildman–Crippen LogP) is 1.88. The van der Waals surface area contributed by atoms with Crippen LogP contribution < -0.4 is 5.32 Å². The van der Waals surface area contributed by atoms with Crippen LogP contribution in [-0.4, -0.2) is 58.6 Å². The molecule has 0 saturated carbocycles. The van der Waals surface area contributed by atoms with Gasteiger partial charge in [-0.1, -0.05) is 0 Å². The number of carbonyl (C=O) groups excluding carboxylic acids is 2. The lowest BCUT2D eigenvalue weighted by Gasteiger charge is -2.29. The molecule has 0 aromatic rings. The summed E-state index contributed by atoms with van der Waals surface area (Å²) < 4.78 is 10.5. The normalized spacial score (nSPS) is 22.4. The van der Waals surface area contributed by atoms with E-state index >= 15 is 0 Å². The number of nitrogens with zero attached hydrogens (tertiary/aromatic N) is 1. The zero-order valence-corrected chi connectivity index (χ0v) is 14.3. The van der Waals surface area contributed by atoms with Crippen molar-refractivity contribution in [3.05, 3.63) is 0 Å². The summed E-state index contributed by atoms with van der Waals surface area (Å²) in [5, 5.41) is 12.6. The van der Waals surface area contributed by atoms with Crippen LogP contribution in [0, 0.1) is 0 Å². The number of amides is 2. The summed E-state index contributed by atoms with van der Waals surface area (Å²) >= 11 is 0. The van der Waals surface area contributed by atoms with Crippen LogP contribution in [0.15, 0.2) is 0 Å². The van der Waals surface area contributed by atoms with Crippen molar-refractivity contribution in [3.8, 4) is 0 Å². The van der Waals surface area contributed by atoms with Crippen molar-refractivity contribution < 1.29 is 24.2 Å². The molecule has 2 N–H and O–H groups in total. The second-order valence-electron chi connectivity index (χ2n) is 7.48. The first-order valence-electron chi connectivity index (χ1n) is 7.53. The number of aliphatic hydroxyl groups excluding tert-OH is 1. The van der Waals surface area contributed by atoms with Gasteiger partial charge in [-0.2, -0.15) is 0 Å². The molecule has 0 aromatic carbocycles. The fourth-order valence-corrected chi connectivity index (χ4v) is 2.13. The topological polar surface area (TPSA) is 88.1 Å². The van der Waals surface area contributed by atoms with Crippen LogP contribution >= 0.6 is 0 Å². The largest absolute Gasteiger partial charge is 0.444 e. The molecule has 22 heavy (non-hydrogen) atoms. The van der Waals surface area contributed by atoms with Crippen LogP contribution in [0.25, 0.3) is 0 Å². The summed E-state index contributed by atoms with van der Waals surface area (Å²) in [5.74, 6) is 0. The third-order valence-electron chi connectivity index (χ3n) is 2.99. The van der Waals surface area contributed by atoms with Gasteiger partial charge in [0.15, 0.2) is 0 Å². The molecule has 0 aromatic heterocycles. The van der Waals surface area contributed by atoms with Crippen molar-refractivity contribution in [3.63, 3.8) is 0 Å². The maximum Gasteiger partial charge on any atom is 0.410 e. The van der Waals surface area contributed by atoms with Crippen molar-refractivity contribution in [2.24, 2.45) is 0 Å². The summed E-state index contributed by atoms with van der Waals surface area (Å²) in [6, 6.07) is -0.512. The number of hydrogen-bond donors (Lipinski definition) is 2. The minimum Gasteiger partial charge on any atom is -0.444 e. The first kappa shape index (κ1) is 18.5. The van der Waals surface area contributed by atoms with Gasteiger partial charge in [-0.15, -0.1) is 0 Å². The molecule has 1 aliphatic rings. The second-order valence-corrected chi connectivity index (χ2v) is 7.48. The molecule has 2 amide bonds. The van der Waals surface area contributed by atoms with Gasteiger partial charge in [0.05, 0.1) is 12.1 Å². The van der Waals surface area contributed by atoms with E-state index in [-0.39, 0.29) is 6.54 Å². The Morgan fingerprint density at radius 1 is 1.14 bits per heavy atom. The van der Waals surface area contributed by atoms with Gasteiger partial charge >= 0.3 is 12.2 Å². The number of alkyl carbamates (subject to hydrolysis) is 1. The fraction of sp³-hybridized carbons (Fsp3) is 0.867. The van der Waals surface area contributed by atoms with Crippen molar-refractivity contribution >= 4 is 12.2 Å². The molecule has 0 spiro atoms. The van der Waals surface area contributed by atoms with Gasteiger partial charge in [-0.25, -0.2) is 9.59 Å². The van der Waals surface area contributed by atoms with E-state index in [4.69, 9.17) is 9.47 Å². The van der Waals surface area contributed by atoms with Crippen LogP contribution in [0.1, 0.15) is 48.0 Å². The first-order valence-corrected chi connectivity index (χ1v) is 7.53. The van der Waals surface area contributed by atoms with Crippen molar-refractivity contribution in [2.75, 3.05) is 13.1 Å². The Balaban J connectivity index is 2.59. The molecule has 2 atom stereocenters. The molecule has 128 valence electrons. The van der Waals surface area contributed by atoms with Gasteiger partial charge in [-0.05, 0) is 48.0 Å². The lowest BCUT2D eigenvalue weighted by atomic mass is 10.1. The van der Waals surface area contributed by atoms with E-state index in [1.165, 1.54) is 4.90 Å². The average Bonchev–Trinajstić information content (AvgIpc) is 2.63. The fourth-order valence-electron chi connectivity index (χ4n) is 2.13. The summed E-state index contributed by atoms with van der Waals surface area (Å²) in [6.07, 6.45) is -1.29. The van der Waals surface area contributed by atoms with E-state index in [0.717, 1.165) is 0 Å². The summed E-state index contributed by atoms with van der Waals surface area (Å²) in [7, 11) is 0. The van der Waals surface area contributed by atoms with Gasteiger partial charge in [0.25, 0.3) is 0 Å². The Hall–Kier alpha value is -1.50. The molecule has 0 aliphatic carbocycles. The van der Waals surface area contributed by atoms with Crippen LogP contribution in [0.4, 0.5) is 9.59 Å². The van der Waals surface area contributed by atoms with Crippen molar-refractivity contribution in [1.29, 1.82) is 0 Å². The molecule has 0 bridgehead atoms. The summed E-state index contributed by atoms with van der Waals surface area (Å²) in [6.45, 7) is 11.2. The van der Waals surface area contributed by atoms with E-state index in [1.807, 2.05) is 0 Å². The molecule has 1 aliphatic heterocycles. The molecule has 1 fully saturated rings. The standard InChI is InChI=1S/C15H28N2O5/c1-14(2,3)21-12(19)16-9-10-11(18)7-8-17(10)13(20)22-15(4,5)6/h10-11,18H,7-9H2,1-6H3,(H,16,19). The molecule has 1 saturated heterocycles. The van der Waals surface area contributed by atoms with Crippen LogP contribution in [-0.2, 0) is 9.47 Å². The first-order chi connectivity index (χ1) is 9.89. The number of hydrogen-bond acceptors (Lipinski definition) is 5. The van der Waals surface area contributed by atoms with Crippen molar-refractivity contribution in [2.45, 2.75) is 71.3 Å². The molecular weight excluding hydrogens is 288 g/mol. The summed E-state index contributed by atoms with van der Waals surface area (Å²) in [4.78, 5) is 25.3. The summed E-state index contributed by atoms with van der Waals surface area (Å²) in [5.41, 5.74) is -1.20. The molecule has 2 unspecified atom stereocenters. The van der Waals surface area contributed by atoms with E-state index in [9.17, 15) is 14.7 Å². The maximum atomic E-state index is 12.1. The Labute approximate surface area is 131 Å². The highest BCUT2D eigenvalue weighted by Gasteiger charge is 2.38. The minimum atomic E-state index is -0.692. The van der Waals surface area contributed by atoms with E-state index < -0.39 is 35.5 Å². The zero-order valence-electron chi connectivity index (χ0n) is 14.3. The number of ether oxygens (including phenoxy) is 2. The molecular formula is C15H28N2O5. The van der Waals surface area contributed by atoms with Gasteiger partial charge < -0.3 is 24.8 Å². The van der Waals surface area contributed by atoms with Gasteiger partial charge in [0.1, 0.15) is 11.2 Å². The minimum absolute atomic E-state index is 0.120. The quantitative estimate of drug-likeness (QED) is 0.812.